The highest BCUT2D eigenvalue weighted by molar-refractivity contribution is 8.00. The maximum Gasteiger partial charge on any atom is 0.337 e. The monoisotopic (exact) mass is 519 g/mol. The van der Waals surface area contributed by atoms with Crippen molar-refractivity contribution in [3.05, 3.63) is 102 Å². The van der Waals surface area contributed by atoms with Crippen LogP contribution in [0.1, 0.15) is 22.3 Å². The Morgan fingerprint density at radius 2 is 1.61 bits per heavy atom. The number of imide groups is 1. The molecule has 0 radical (unpaired) electrons. The summed E-state index contributed by atoms with van der Waals surface area (Å²) in [5, 5.41) is 9.77. The molecular weight excluding hydrogens is 498 g/mol. The maximum absolute atomic E-state index is 13.4. The van der Waals surface area contributed by atoms with Gasteiger partial charge in [0, 0.05) is 17.5 Å². The molecular formula is C30H21N3O4S. The fourth-order valence-corrected chi connectivity index (χ4v) is 5.41. The van der Waals surface area contributed by atoms with Gasteiger partial charge in [-0.3, -0.25) is 9.59 Å². The van der Waals surface area contributed by atoms with Crippen LogP contribution in [0, 0.1) is 11.3 Å². The van der Waals surface area contributed by atoms with Crippen molar-refractivity contribution in [3.63, 3.8) is 0 Å². The average Bonchev–Trinajstić information content (AvgIpc) is 3.25. The number of methoxy groups -OCH3 is 1. The van der Waals surface area contributed by atoms with Crippen LogP contribution in [0.4, 0.5) is 5.69 Å². The van der Waals surface area contributed by atoms with Gasteiger partial charge in [-0.25, -0.2) is 14.7 Å². The van der Waals surface area contributed by atoms with Crippen LogP contribution >= 0.6 is 11.8 Å². The molecule has 2 amide bonds. The van der Waals surface area contributed by atoms with E-state index >= 15 is 0 Å². The van der Waals surface area contributed by atoms with E-state index in [1.165, 1.54) is 31.4 Å². The van der Waals surface area contributed by atoms with Gasteiger partial charge < -0.3 is 4.74 Å². The van der Waals surface area contributed by atoms with Crippen molar-refractivity contribution >= 4 is 35.2 Å². The van der Waals surface area contributed by atoms with E-state index in [0.29, 0.717) is 33.1 Å². The van der Waals surface area contributed by atoms with E-state index in [9.17, 15) is 19.6 Å². The van der Waals surface area contributed by atoms with E-state index in [0.717, 1.165) is 27.8 Å². The summed E-state index contributed by atoms with van der Waals surface area (Å²) in [5.74, 6) is -1.27. The Balaban J connectivity index is 1.51. The van der Waals surface area contributed by atoms with Crippen molar-refractivity contribution in [3.8, 4) is 28.5 Å². The Kier molecular flexibility index (Phi) is 7.03. The molecule has 0 N–H and O–H groups in total. The van der Waals surface area contributed by atoms with E-state index in [-0.39, 0.29) is 12.3 Å². The molecule has 0 spiro atoms. The third-order valence-corrected chi connectivity index (χ3v) is 7.33. The smallest absolute Gasteiger partial charge is 0.337 e. The van der Waals surface area contributed by atoms with Crippen molar-refractivity contribution in [2.45, 2.75) is 16.7 Å². The lowest BCUT2D eigenvalue weighted by molar-refractivity contribution is -0.121. The first-order chi connectivity index (χ1) is 18.5. The largest absolute Gasteiger partial charge is 0.465 e. The molecule has 1 aliphatic heterocycles. The van der Waals surface area contributed by atoms with Crippen LogP contribution < -0.4 is 4.90 Å². The normalized spacial score (nSPS) is 14.8. The molecule has 1 aromatic heterocycles. The first kappa shape index (κ1) is 24.9. The number of hydrogen-bond acceptors (Lipinski definition) is 7. The number of esters is 1. The molecule has 38 heavy (non-hydrogen) atoms. The minimum atomic E-state index is -0.753. The quantitative estimate of drug-likeness (QED) is 0.245. The number of hydrogen-bond donors (Lipinski definition) is 0. The third-order valence-electron chi connectivity index (χ3n) is 6.16. The highest BCUT2D eigenvalue weighted by Gasteiger charge is 2.41. The summed E-state index contributed by atoms with van der Waals surface area (Å²) in [6.07, 6.45) is -0.0367. The van der Waals surface area contributed by atoms with E-state index in [1.807, 2.05) is 66.7 Å². The number of anilines is 1. The van der Waals surface area contributed by atoms with Gasteiger partial charge in [0.15, 0.2) is 0 Å². The van der Waals surface area contributed by atoms with E-state index < -0.39 is 17.1 Å². The summed E-state index contributed by atoms with van der Waals surface area (Å²) in [5.41, 5.74) is 4.13. The predicted molar refractivity (Wildman–Crippen MR) is 144 cm³/mol. The number of benzene rings is 3. The zero-order valence-electron chi connectivity index (χ0n) is 20.3. The predicted octanol–water partition coefficient (Wildman–Crippen LogP) is 5.50. The van der Waals surface area contributed by atoms with Crippen LogP contribution in [-0.4, -0.2) is 35.1 Å². The molecule has 0 bridgehead atoms. The van der Waals surface area contributed by atoms with Gasteiger partial charge in [0.05, 0.1) is 34.9 Å². The lowest BCUT2D eigenvalue weighted by Crippen LogP contribution is -2.31. The zero-order valence-corrected chi connectivity index (χ0v) is 21.1. The van der Waals surface area contributed by atoms with Crippen LogP contribution in [0.2, 0.25) is 0 Å². The van der Waals surface area contributed by atoms with Gasteiger partial charge in [-0.1, -0.05) is 72.4 Å². The number of amides is 2. The summed E-state index contributed by atoms with van der Waals surface area (Å²) >= 11 is 1.12. The first-order valence-corrected chi connectivity index (χ1v) is 12.7. The summed E-state index contributed by atoms with van der Waals surface area (Å²) in [7, 11) is 1.28. The van der Waals surface area contributed by atoms with Gasteiger partial charge in [-0.2, -0.15) is 5.26 Å². The van der Waals surface area contributed by atoms with Crippen LogP contribution in [0.3, 0.4) is 0 Å². The Morgan fingerprint density at radius 3 is 2.21 bits per heavy atom. The number of carbonyl (C=O) groups excluding carboxylic acids is 3. The van der Waals surface area contributed by atoms with Crippen LogP contribution in [0.15, 0.2) is 96.0 Å². The second-order valence-electron chi connectivity index (χ2n) is 8.50. The van der Waals surface area contributed by atoms with E-state index in [4.69, 9.17) is 9.72 Å². The minimum absolute atomic E-state index is 0.0367. The second kappa shape index (κ2) is 10.7. The van der Waals surface area contributed by atoms with Gasteiger partial charge in [0.1, 0.15) is 11.1 Å². The number of thioether (sulfide) groups is 1. The highest BCUT2D eigenvalue weighted by Crippen LogP contribution is 2.39. The van der Waals surface area contributed by atoms with Gasteiger partial charge >= 0.3 is 5.97 Å². The van der Waals surface area contributed by atoms with Crippen molar-refractivity contribution < 1.29 is 19.1 Å². The van der Waals surface area contributed by atoms with Gasteiger partial charge in [0.25, 0.3) is 0 Å². The Hall–Kier alpha value is -4.74. The fourth-order valence-electron chi connectivity index (χ4n) is 4.28. The zero-order chi connectivity index (χ0) is 26.6. The molecule has 1 saturated heterocycles. The van der Waals surface area contributed by atoms with Crippen molar-refractivity contribution in [1.29, 1.82) is 5.26 Å². The molecule has 4 aromatic rings. The molecule has 1 aliphatic rings. The third kappa shape index (κ3) is 4.80. The summed E-state index contributed by atoms with van der Waals surface area (Å²) in [6, 6.07) is 29.4. The Bertz CT molecular complexity index is 1570. The minimum Gasteiger partial charge on any atom is -0.465 e. The number of pyridine rings is 1. The lowest BCUT2D eigenvalue weighted by Gasteiger charge is -2.16. The van der Waals surface area contributed by atoms with Crippen molar-refractivity contribution in [2.24, 2.45) is 0 Å². The fraction of sp³-hybridized carbons (Fsp3) is 0.100. The second-order valence-corrected chi connectivity index (χ2v) is 9.69. The number of carbonyl (C=O) groups is 3. The number of ether oxygens (including phenoxy) is 1. The number of rotatable bonds is 6. The number of nitriles is 1. The molecule has 3 aromatic carbocycles. The molecule has 5 rings (SSSR count). The van der Waals surface area contributed by atoms with Gasteiger partial charge in [0.2, 0.25) is 11.8 Å². The SMILES string of the molecule is COC(=O)c1ccc(N2C(=O)CC(Sc3nc(-c4ccccc4)cc(-c4ccccc4)c3C#N)C2=O)cc1. The average molecular weight is 520 g/mol. The topological polar surface area (TPSA) is 100 Å². The van der Waals surface area contributed by atoms with Crippen LogP contribution in [0.25, 0.3) is 22.4 Å². The molecule has 1 atom stereocenters. The first-order valence-electron chi connectivity index (χ1n) is 11.8. The molecule has 0 saturated carbocycles. The van der Waals surface area contributed by atoms with E-state index in [1.54, 1.807) is 0 Å². The number of aromatic nitrogens is 1. The van der Waals surface area contributed by atoms with Gasteiger partial charge in [-0.15, -0.1) is 0 Å². The number of nitrogens with zero attached hydrogens (tertiary/aromatic N) is 3. The van der Waals surface area contributed by atoms with Crippen molar-refractivity contribution in [2.75, 3.05) is 12.0 Å². The summed E-state index contributed by atoms with van der Waals surface area (Å²) in [6.45, 7) is 0. The molecule has 186 valence electrons. The summed E-state index contributed by atoms with van der Waals surface area (Å²) < 4.78 is 4.71. The van der Waals surface area contributed by atoms with Gasteiger partial charge in [-0.05, 0) is 35.9 Å². The lowest BCUT2D eigenvalue weighted by atomic mass is 9.99. The Labute approximate surface area is 223 Å². The van der Waals surface area contributed by atoms with Crippen molar-refractivity contribution in [1.82, 2.24) is 4.98 Å². The van der Waals surface area contributed by atoms with Crippen LogP contribution in [0.5, 0.6) is 0 Å². The van der Waals surface area contributed by atoms with Crippen LogP contribution in [-0.2, 0) is 14.3 Å². The summed E-state index contributed by atoms with van der Waals surface area (Å²) in [4.78, 5) is 43.9. The molecule has 7 nitrogen and oxygen atoms in total. The highest BCUT2D eigenvalue weighted by atomic mass is 32.2. The molecule has 0 aliphatic carbocycles. The molecule has 1 fully saturated rings. The Morgan fingerprint density at radius 1 is 0.974 bits per heavy atom. The van der Waals surface area contributed by atoms with E-state index in [2.05, 4.69) is 6.07 Å². The molecule has 8 heteroatoms. The molecule has 1 unspecified atom stereocenters. The molecule has 2 heterocycles. The standard InChI is InChI=1S/C30H21N3O4S/c1-37-30(36)21-12-14-22(15-13-21)33-27(34)17-26(29(33)35)38-28-24(18-31)23(19-8-4-2-5-9-19)16-25(32-28)20-10-6-3-7-11-20/h2-16,26H,17H2,1H3. The maximum atomic E-state index is 13.4.